The number of aliphatic imine (C=N–C) groups is 1. The van der Waals surface area contributed by atoms with Gasteiger partial charge in [-0.25, -0.2) is 0 Å². The number of nitrogens with one attached hydrogen (secondary N) is 1. The number of allylic oxidation sites excluding steroid dienone is 5. The molecule has 2 aliphatic carbocycles. The summed E-state index contributed by atoms with van der Waals surface area (Å²) >= 11 is 0. The number of benzene rings is 5. The molecule has 5 aromatic carbocycles. The van der Waals surface area contributed by atoms with Crippen molar-refractivity contribution in [3.63, 3.8) is 0 Å². The van der Waals surface area contributed by atoms with Crippen LogP contribution in [0.25, 0.3) is 33.7 Å². The lowest BCUT2D eigenvalue weighted by Gasteiger charge is -2.30. The van der Waals surface area contributed by atoms with Crippen molar-refractivity contribution >= 4 is 39.6 Å². The van der Waals surface area contributed by atoms with Gasteiger partial charge in [0, 0.05) is 34.0 Å². The first-order valence-electron chi connectivity index (χ1n) is 15.8. The minimum Gasteiger partial charge on any atom is -0.360 e. The Bertz CT molecular complexity index is 2340. The fourth-order valence-corrected chi connectivity index (χ4v) is 7.56. The molecule has 5 aromatic rings. The Hall–Kier alpha value is -5.85. The molecule has 0 amide bonds. The fourth-order valence-electron chi connectivity index (χ4n) is 7.56. The van der Waals surface area contributed by atoms with Gasteiger partial charge in [0.05, 0.1) is 11.4 Å². The van der Waals surface area contributed by atoms with E-state index in [0.29, 0.717) is 0 Å². The van der Waals surface area contributed by atoms with Gasteiger partial charge in [-0.2, -0.15) is 0 Å². The van der Waals surface area contributed by atoms with Crippen molar-refractivity contribution in [1.82, 2.24) is 5.32 Å². The van der Waals surface area contributed by atoms with Crippen molar-refractivity contribution in [3.8, 4) is 11.1 Å². The van der Waals surface area contributed by atoms with E-state index in [4.69, 9.17) is 4.99 Å². The standard InChI is InChI=1S/C43H31N3/c1-43(2)36-21-10-9-19-33(36)35-26-30-23-24-46(39-22-12-20-34(40(30)39)41(35)43)32-18-11-17-31(25-32)42-44-37(28-13-5-3-6-14-28)27-38(45-42)29-15-7-4-8-16-29/h3,5-7,9-27,42,44H,1-2H3. The highest BCUT2D eigenvalue weighted by Crippen LogP contribution is 2.54. The van der Waals surface area contributed by atoms with Crippen LogP contribution in [0.15, 0.2) is 156 Å². The smallest absolute Gasteiger partial charge is 0.145 e. The van der Waals surface area contributed by atoms with E-state index in [9.17, 15) is 0 Å². The number of hydrogen-bond acceptors (Lipinski definition) is 3. The second-order valence-electron chi connectivity index (χ2n) is 12.7. The summed E-state index contributed by atoms with van der Waals surface area (Å²) in [6, 6.07) is 37.3. The lowest BCUT2D eigenvalue weighted by Crippen LogP contribution is -2.25. The molecule has 3 heteroatoms. The van der Waals surface area contributed by atoms with Crippen molar-refractivity contribution in [1.29, 1.82) is 0 Å². The molecule has 0 bridgehead atoms. The Kier molecular flexibility index (Phi) is 5.82. The van der Waals surface area contributed by atoms with E-state index < -0.39 is 0 Å². The van der Waals surface area contributed by atoms with Crippen molar-refractivity contribution in [3.05, 3.63) is 178 Å². The van der Waals surface area contributed by atoms with Gasteiger partial charge in [-0.05, 0) is 99.0 Å². The molecule has 1 N–H and O–H groups in total. The monoisotopic (exact) mass is 589 g/mol. The van der Waals surface area contributed by atoms with Gasteiger partial charge in [-0.1, -0.05) is 104 Å². The highest BCUT2D eigenvalue weighted by molar-refractivity contribution is 6.15. The summed E-state index contributed by atoms with van der Waals surface area (Å²) < 4.78 is 0. The number of rotatable bonds is 4. The van der Waals surface area contributed by atoms with Gasteiger partial charge in [0.25, 0.3) is 0 Å². The zero-order valence-corrected chi connectivity index (χ0v) is 25.8. The Labute approximate surface area is 269 Å². The number of anilines is 2. The summed E-state index contributed by atoms with van der Waals surface area (Å²) in [6.45, 7) is 4.73. The predicted molar refractivity (Wildman–Crippen MR) is 191 cm³/mol. The summed E-state index contributed by atoms with van der Waals surface area (Å²) in [5.41, 5.74) is 20.3. The van der Waals surface area contributed by atoms with E-state index in [0.717, 1.165) is 33.8 Å². The second-order valence-corrected chi connectivity index (χ2v) is 12.7. The normalized spacial score (nSPS) is 18.1. The van der Waals surface area contributed by atoms with Crippen LogP contribution in [0.5, 0.6) is 0 Å². The van der Waals surface area contributed by atoms with Crippen molar-refractivity contribution in [2.75, 3.05) is 4.90 Å². The largest absolute Gasteiger partial charge is 0.360 e. The summed E-state index contributed by atoms with van der Waals surface area (Å²) in [7, 11) is 0. The maximum atomic E-state index is 5.19. The quantitative estimate of drug-likeness (QED) is 0.211. The van der Waals surface area contributed by atoms with Crippen molar-refractivity contribution in [2.45, 2.75) is 25.4 Å². The Morgan fingerprint density at radius 3 is 2.54 bits per heavy atom. The molecule has 2 heterocycles. The van der Waals surface area contributed by atoms with E-state index in [1.165, 1.54) is 44.3 Å². The maximum absolute atomic E-state index is 5.19. The molecule has 0 radical (unpaired) electrons. The highest BCUT2D eigenvalue weighted by Gasteiger charge is 2.38. The van der Waals surface area contributed by atoms with Crippen LogP contribution in [0.1, 0.15) is 47.8 Å². The highest BCUT2D eigenvalue weighted by atomic mass is 15.1. The molecule has 0 saturated carbocycles. The molecule has 3 nitrogen and oxygen atoms in total. The third-order valence-electron chi connectivity index (χ3n) is 9.69. The summed E-state index contributed by atoms with van der Waals surface area (Å²) in [5, 5.41) is 6.35. The van der Waals surface area contributed by atoms with Crippen LogP contribution >= 0.6 is 0 Å². The van der Waals surface area contributed by atoms with Gasteiger partial charge in [0.2, 0.25) is 0 Å². The van der Waals surface area contributed by atoms with Gasteiger partial charge in [-0.3, -0.25) is 4.99 Å². The third-order valence-corrected chi connectivity index (χ3v) is 9.69. The molecule has 46 heavy (non-hydrogen) atoms. The molecule has 218 valence electrons. The maximum Gasteiger partial charge on any atom is 0.145 e. The molecular weight excluding hydrogens is 558 g/mol. The van der Waals surface area contributed by atoms with Gasteiger partial charge in [-0.15, -0.1) is 0 Å². The zero-order chi connectivity index (χ0) is 30.8. The molecule has 9 rings (SSSR count). The van der Waals surface area contributed by atoms with Crippen LogP contribution in [-0.2, 0) is 5.41 Å². The zero-order valence-electron chi connectivity index (χ0n) is 25.8. The molecule has 1 atom stereocenters. The third kappa shape index (κ3) is 4.04. The minimum atomic E-state index is -0.251. The van der Waals surface area contributed by atoms with Gasteiger partial charge < -0.3 is 10.2 Å². The number of fused-ring (bicyclic) bond motifs is 4. The molecular formula is C43H31N3. The predicted octanol–water partition coefficient (Wildman–Crippen LogP) is 10.2. The number of hydrogen-bond donors (Lipinski definition) is 1. The first-order valence-corrected chi connectivity index (χ1v) is 15.8. The van der Waals surface area contributed by atoms with Crippen molar-refractivity contribution < 1.29 is 0 Å². The van der Waals surface area contributed by atoms with Gasteiger partial charge in [0.1, 0.15) is 6.17 Å². The van der Waals surface area contributed by atoms with Crippen LogP contribution in [0.4, 0.5) is 11.4 Å². The summed E-state index contributed by atoms with van der Waals surface area (Å²) in [6.07, 6.45) is 12.2. The van der Waals surface area contributed by atoms with Crippen molar-refractivity contribution in [2.24, 2.45) is 4.99 Å². The van der Waals surface area contributed by atoms with Crippen LogP contribution < -0.4 is 10.2 Å². The lowest BCUT2D eigenvalue weighted by atomic mass is 9.79. The van der Waals surface area contributed by atoms with E-state index in [1.54, 1.807) is 0 Å². The summed E-state index contributed by atoms with van der Waals surface area (Å²) in [4.78, 5) is 7.52. The topological polar surface area (TPSA) is 27.6 Å². The molecule has 0 fully saturated rings. The van der Waals surface area contributed by atoms with E-state index >= 15 is 0 Å². The first kappa shape index (κ1) is 26.5. The Balaban J connectivity index is 1.13. The molecule has 0 spiro atoms. The minimum absolute atomic E-state index is 0.0735. The van der Waals surface area contributed by atoms with E-state index in [1.807, 2.05) is 24.3 Å². The Morgan fingerprint density at radius 1 is 0.826 bits per heavy atom. The second kappa shape index (κ2) is 10.1. The molecule has 1 unspecified atom stereocenters. The van der Waals surface area contributed by atoms with E-state index in [2.05, 4.69) is 151 Å². The van der Waals surface area contributed by atoms with Crippen LogP contribution in [-0.4, -0.2) is 5.71 Å². The van der Waals surface area contributed by atoms with Gasteiger partial charge >= 0.3 is 0 Å². The van der Waals surface area contributed by atoms with Crippen LogP contribution in [0.3, 0.4) is 0 Å². The summed E-state index contributed by atoms with van der Waals surface area (Å²) in [5.74, 6) is 0. The molecule has 0 aromatic heterocycles. The average Bonchev–Trinajstić information content (AvgIpc) is 3.35. The lowest BCUT2D eigenvalue weighted by molar-refractivity contribution is 0.664. The number of nitrogens with zero attached hydrogens (tertiary/aromatic N) is 2. The molecule has 0 saturated heterocycles. The van der Waals surface area contributed by atoms with E-state index in [-0.39, 0.29) is 11.6 Å². The molecule has 4 aliphatic rings. The molecule has 2 aliphatic heterocycles. The van der Waals surface area contributed by atoms with Gasteiger partial charge in [0.15, 0.2) is 0 Å². The SMILES string of the molecule is CC1(C)c2ccccc2-c2cc3c4c(cccc4c21)N(c1cccc(C2N=C(C4=CC=C=C=C4)C=C(c4ccccc4)N2)c1)C=C3. The van der Waals surface area contributed by atoms with Crippen LogP contribution in [0, 0.1) is 0 Å². The fraction of sp³-hybridized carbons (Fsp3) is 0.0930. The first-order chi connectivity index (χ1) is 22.6. The average molecular weight is 590 g/mol. The van der Waals surface area contributed by atoms with Crippen LogP contribution in [0.2, 0.25) is 0 Å². The Morgan fingerprint density at radius 2 is 1.67 bits per heavy atom.